The lowest BCUT2D eigenvalue weighted by Crippen LogP contribution is -2.24. The molecule has 1 heterocycles. The van der Waals surface area contributed by atoms with Gasteiger partial charge in [-0.3, -0.25) is 4.79 Å². The molecule has 6 heteroatoms. The minimum Gasteiger partial charge on any atom is -0.347 e. The number of nitrogens with one attached hydrogen (secondary N) is 2. The fourth-order valence-electron chi connectivity index (χ4n) is 1.69. The van der Waals surface area contributed by atoms with Gasteiger partial charge in [-0.15, -0.1) is 6.58 Å². The van der Waals surface area contributed by atoms with Crippen LogP contribution in [0, 0.1) is 6.92 Å². The first-order valence-corrected chi connectivity index (χ1v) is 7.15. The third kappa shape index (κ3) is 4.39. The molecule has 0 saturated heterocycles. The molecule has 1 aromatic heterocycles. The predicted molar refractivity (Wildman–Crippen MR) is 86.7 cm³/mol. The van der Waals surface area contributed by atoms with Crippen molar-refractivity contribution in [1.29, 1.82) is 0 Å². The van der Waals surface area contributed by atoms with Crippen molar-refractivity contribution in [3.63, 3.8) is 0 Å². The summed E-state index contributed by atoms with van der Waals surface area (Å²) < 4.78 is 0.948. The molecule has 0 fully saturated rings. The van der Waals surface area contributed by atoms with E-state index in [0.29, 0.717) is 23.9 Å². The third-order valence-corrected chi connectivity index (χ3v) is 3.07. The number of hydrogen-bond donors (Lipinski definition) is 2. The zero-order valence-corrected chi connectivity index (χ0v) is 13.1. The summed E-state index contributed by atoms with van der Waals surface area (Å²) in [4.78, 5) is 20.4. The van der Waals surface area contributed by atoms with Crippen LogP contribution in [0.3, 0.4) is 0 Å². The van der Waals surface area contributed by atoms with E-state index >= 15 is 0 Å². The van der Waals surface area contributed by atoms with Crippen molar-refractivity contribution in [3.8, 4) is 0 Å². The largest absolute Gasteiger partial charge is 0.347 e. The molecular formula is C15H15BrN4O. The highest BCUT2D eigenvalue weighted by Gasteiger charge is 2.10. The van der Waals surface area contributed by atoms with Crippen LogP contribution < -0.4 is 10.6 Å². The summed E-state index contributed by atoms with van der Waals surface area (Å²) in [5.41, 5.74) is 1.88. The molecule has 21 heavy (non-hydrogen) atoms. The van der Waals surface area contributed by atoms with Crippen molar-refractivity contribution in [2.75, 3.05) is 11.9 Å². The number of carbonyl (C=O) groups is 1. The molecule has 1 aromatic carbocycles. The van der Waals surface area contributed by atoms with Crippen molar-refractivity contribution in [2.24, 2.45) is 0 Å². The number of halogens is 1. The summed E-state index contributed by atoms with van der Waals surface area (Å²) in [5.74, 6) is 0.134. The van der Waals surface area contributed by atoms with Crippen molar-refractivity contribution >= 4 is 33.5 Å². The van der Waals surface area contributed by atoms with E-state index in [1.165, 1.54) is 0 Å². The minimum absolute atomic E-state index is 0.252. The standard InChI is InChI=1S/C15H15BrN4O/c1-3-7-17-14(21)13-8-10(2)18-15(20-13)19-12-6-4-5-11(16)9-12/h3-6,8-9H,1,7H2,2H3,(H,17,21)(H,18,19,20). The zero-order valence-electron chi connectivity index (χ0n) is 11.6. The second-order valence-corrected chi connectivity index (χ2v) is 5.27. The number of rotatable bonds is 5. The number of benzene rings is 1. The normalized spacial score (nSPS) is 10.0. The van der Waals surface area contributed by atoms with Crippen LogP contribution in [-0.2, 0) is 0 Å². The van der Waals surface area contributed by atoms with Gasteiger partial charge in [-0.2, -0.15) is 0 Å². The highest BCUT2D eigenvalue weighted by Crippen LogP contribution is 2.18. The molecule has 2 rings (SSSR count). The molecule has 2 N–H and O–H groups in total. The lowest BCUT2D eigenvalue weighted by Gasteiger charge is -2.08. The summed E-state index contributed by atoms with van der Waals surface area (Å²) in [6.07, 6.45) is 1.62. The van der Waals surface area contributed by atoms with Gasteiger partial charge in [-0.05, 0) is 31.2 Å². The van der Waals surface area contributed by atoms with Crippen LogP contribution in [-0.4, -0.2) is 22.4 Å². The second kappa shape index (κ2) is 6.99. The number of aryl methyl sites for hydroxylation is 1. The zero-order chi connectivity index (χ0) is 15.2. The molecule has 0 radical (unpaired) electrons. The summed E-state index contributed by atoms with van der Waals surface area (Å²) >= 11 is 3.40. The Balaban J connectivity index is 2.22. The van der Waals surface area contributed by atoms with Gasteiger partial charge in [-0.1, -0.05) is 28.1 Å². The fourth-order valence-corrected chi connectivity index (χ4v) is 2.09. The van der Waals surface area contributed by atoms with E-state index in [1.54, 1.807) is 12.1 Å². The van der Waals surface area contributed by atoms with Crippen LogP contribution in [0.1, 0.15) is 16.2 Å². The van der Waals surface area contributed by atoms with Crippen LogP contribution in [0.2, 0.25) is 0 Å². The number of hydrogen-bond acceptors (Lipinski definition) is 4. The van der Waals surface area contributed by atoms with E-state index in [4.69, 9.17) is 0 Å². The van der Waals surface area contributed by atoms with Crippen LogP contribution >= 0.6 is 15.9 Å². The van der Waals surface area contributed by atoms with Crippen LogP contribution in [0.4, 0.5) is 11.6 Å². The van der Waals surface area contributed by atoms with Gasteiger partial charge in [0.25, 0.3) is 5.91 Å². The Labute approximate surface area is 131 Å². The van der Waals surface area contributed by atoms with Crippen LogP contribution in [0.15, 0.2) is 47.5 Å². The summed E-state index contributed by atoms with van der Waals surface area (Å²) in [5, 5.41) is 5.78. The summed E-state index contributed by atoms with van der Waals surface area (Å²) in [7, 11) is 0. The highest BCUT2D eigenvalue weighted by molar-refractivity contribution is 9.10. The average molecular weight is 347 g/mol. The summed E-state index contributed by atoms with van der Waals surface area (Å²) in [6.45, 7) is 5.78. The molecule has 0 bridgehead atoms. The number of aromatic nitrogens is 2. The predicted octanol–water partition coefficient (Wildman–Crippen LogP) is 3.21. The summed E-state index contributed by atoms with van der Waals surface area (Å²) in [6, 6.07) is 9.28. The Morgan fingerprint density at radius 3 is 2.90 bits per heavy atom. The lowest BCUT2D eigenvalue weighted by atomic mass is 10.3. The molecule has 0 atom stereocenters. The Kier molecular flexibility index (Phi) is 5.05. The molecule has 0 aliphatic heterocycles. The number of nitrogens with zero attached hydrogens (tertiary/aromatic N) is 2. The molecule has 0 spiro atoms. The molecule has 1 amide bonds. The highest BCUT2D eigenvalue weighted by atomic mass is 79.9. The molecule has 2 aromatic rings. The molecular weight excluding hydrogens is 332 g/mol. The topological polar surface area (TPSA) is 66.9 Å². The Morgan fingerprint density at radius 2 is 2.19 bits per heavy atom. The van der Waals surface area contributed by atoms with Gasteiger partial charge in [0.15, 0.2) is 0 Å². The van der Waals surface area contributed by atoms with E-state index in [-0.39, 0.29) is 5.91 Å². The average Bonchev–Trinajstić information content (AvgIpc) is 2.44. The van der Waals surface area contributed by atoms with E-state index in [1.807, 2.05) is 31.2 Å². The monoisotopic (exact) mass is 346 g/mol. The number of carbonyl (C=O) groups excluding carboxylic acids is 1. The Hall–Kier alpha value is -2.21. The van der Waals surface area contributed by atoms with Gasteiger partial charge in [0.2, 0.25) is 5.95 Å². The fraction of sp³-hybridized carbons (Fsp3) is 0.133. The van der Waals surface area contributed by atoms with Gasteiger partial charge in [-0.25, -0.2) is 9.97 Å². The molecule has 0 unspecified atom stereocenters. The minimum atomic E-state index is -0.252. The van der Waals surface area contributed by atoms with E-state index in [9.17, 15) is 4.79 Å². The second-order valence-electron chi connectivity index (χ2n) is 4.35. The molecule has 108 valence electrons. The van der Waals surface area contributed by atoms with Gasteiger partial charge < -0.3 is 10.6 Å². The maximum atomic E-state index is 11.9. The Bertz CT molecular complexity index is 672. The van der Waals surface area contributed by atoms with Gasteiger partial charge in [0, 0.05) is 22.4 Å². The van der Waals surface area contributed by atoms with Crippen molar-refractivity contribution < 1.29 is 4.79 Å². The first kappa shape index (κ1) is 15.2. The van der Waals surface area contributed by atoms with Gasteiger partial charge in [0.1, 0.15) is 5.69 Å². The first-order chi connectivity index (χ1) is 10.1. The quantitative estimate of drug-likeness (QED) is 0.815. The van der Waals surface area contributed by atoms with E-state index < -0.39 is 0 Å². The Morgan fingerprint density at radius 1 is 1.38 bits per heavy atom. The maximum absolute atomic E-state index is 11.9. The molecule has 0 aliphatic carbocycles. The van der Waals surface area contributed by atoms with Crippen molar-refractivity contribution in [3.05, 3.63) is 58.8 Å². The number of amides is 1. The maximum Gasteiger partial charge on any atom is 0.270 e. The molecule has 5 nitrogen and oxygen atoms in total. The first-order valence-electron chi connectivity index (χ1n) is 6.36. The van der Waals surface area contributed by atoms with Crippen LogP contribution in [0.25, 0.3) is 0 Å². The van der Waals surface area contributed by atoms with Gasteiger partial charge >= 0.3 is 0 Å². The van der Waals surface area contributed by atoms with Crippen LogP contribution in [0.5, 0.6) is 0 Å². The van der Waals surface area contributed by atoms with Crippen molar-refractivity contribution in [1.82, 2.24) is 15.3 Å². The van der Waals surface area contributed by atoms with E-state index in [0.717, 1.165) is 10.2 Å². The smallest absolute Gasteiger partial charge is 0.270 e. The van der Waals surface area contributed by atoms with Crippen molar-refractivity contribution in [2.45, 2.75) is 6.92 Å². The molecule has 0 saturated carbocycles. The van der Waals surface area contributed by atoms with E-state index in [2.05, 4.69) is 43.1 Å². The lowest BCUT2D eigenvalue weighted by molar-refractivity contribution is 0.0953. The number of anilines is 2. The third-order valence-electron chi connectivity index (χ3n) is 2.57. The SMILES string of the molecule is C=CCNC(=O)c1cc(C)nc(Nc2cccc(Br)c2)n1. The van der Waals surface area contributed by atoms with Gasteiger partial charge in [0.05, 0.1) is 0 Å². The molecule has 0 aliphatic rings.